The maximum atomic E-state index is 5.74. The van der Waals surface area contributed by atoms with Crippen molar-refractivity contribution in [2.45, 2.75) is 12.8 Å². The highest BCUT2D eigenvalue weighted by molar-refractivity contribution is 5.40. The predicted molar refractivity (Wildman–Crippen MR) is 94.3 cm³/mol. The van der Waals surface area contributed by atoms with Crippen molar-refractivity contribution < 1.29 is 23.7 Å². The minimum Gasteiger partial charge on any atom is -0.399 e. The van der Waals surface area contributed by atoms with Crippen LogP contribution < -0.4 is 5.73 Å². The van der Waals surface area contributed by atoms with Crippen LogP contribution in [0.15, 0.2) is 24.3 Å². The number of hydrogen-bond donors (Lipinski definition) is 1. The summed E-state index contributed by atoms with van der Waals surface area (Å²) in [6.45, 7) is 5.45. The molecule has 2 N–H and O–H groups in total. The van der Waals surface area contributed by atoms with Crippen molar-refractivity contribution in [3.63, 3.8) is 0 Å². The monoisotopic (exact) mass is 341 g/mol. The van der Waals surface area contributed by atoms with Gasteiger partial charge in [-0.05, 0) is 30.5 Å². The lowest BCUT2D eigenvalue weighted by Crippen LogP contribution is -2.13. The minimum atomic E-state index is 0.572. The molecule has 0 bridgehead atoms. The van der Waals surface area contributed by atoms with Gasteiger partial charge < -0.3 is 29.4 Å². The van der Waals surface area contributed by atoms with Crippen LogP contribution in [0.3, 0.4) is 0 Å². The number of rotatable bonds is 16. The lowest BCUT2D eigenvalue weighted by Gasteiger charge is -2.07. The number of anilines is 1. The van der Waals surface area contributed by atoms with E-state index < -0.39 is 0 Å². The average molecular weight is 341 g/mol. The van der Waals surface area contributed by atoms with E-state index in [2.05, 4.69) is 6.07 Å². The van der Waals surface area contributed by atoms with Gasteiger partial charge in [0.05, 0.1) is 52.9 Å². The molecule has 0 saturated heterocycles. The largest absolute Gasteiger partial charge is 0.399 e. The molecule has 0 saturated carbocycles. The lowest BCUT2D eigenvalue weighted by molar-refractivity contribution is -0.00788. The van der Waals surface area contributed by atoms with Crippen LogP contribution in [-0.2, 0) is 30.1 Å². The second-order valence-corrected chi connectivity index (χ2v) is 5.29. The van der Waals surface area contributed by atoms with Crippen LogP contribution >= 0.6 is 0 Å². The highest BCUT2D eigenvalue weighted by atomic mass is 16.6. The molecular weight excluding hydrogens is 310 g/mol. The fourth-order valence-corrected chi connectivity index (χ4v) is 2.03. The molecule has 0 radical (unpaired) electrons. The van der Waals surface area contributed by atoms with Gasteiger partial charge in [-0.3, -0.25) is 0 Å². The minimum absolute atomic E-state index is 0.572. The van der Waals surface area contributed by atoms with Crippen molar-refractivity contribution in [3.8, 4) is 0 Å². The molecule has 138 valence electrons. The third-order valence-electron chi connectivity index (χ3n) is 3.25. The summed E-state index contributed by atoms with van der Waals surface area (Å²) >= 11 is 0. The molecule has 1 rings (SSSR count). The van der Waals surface area contributed by atoms with Crippen molar-refractivity contribution in [2.24, 2.45) is 0 Å². The molecular formula is C18H31NO5. The quantitative estimate of drug-likeness (QED) is 0.366. The van der Waals surface area contributed by atoms with Gasteiger partial charge in [-0.25, -0.2) is 0 Å². The molecule has 0 atom stereocenters. The maximum absolute atomic E-state index is 5.74. The standard InChI is InChI=1S/C18H31NO5/c1-20-8-9-22-12-13-24-15-14-23-11-10-21-7-3-5-17-4-2-6-18(19)16-17/h2,4,6,16H,3,5,7-15,19H2,1H3. The fraction of sp³-hybridized carbons (Fsp3) is 0.667. The van der Waals surface area contributed by atoms with E-state index in [1.807, 2.05) is 18.2 Å². The lowest BCUT2D eigenvalue weighted by atomic mass is 10.1. The first-order valence-corrected chi connectivity index (χ1v) is 8.47. The summed E-state index contributed by atoms with van der Waals surface area (Å²) in [6.07, 6.45) is 1.96. The van der Waals surface area contributed by atoms with Crippen molar-refractivity contribution in [1.29, 1.82) is 0 Å². The number of ether oxygens (including phenoxy) is 5. The van der Waals surface area contributed by atoms with E-state index in [9.17, 15) is 0 Å². The number of hydrogen-bond acceptors (Lipinski definition) is 6. The Kier molecular flexibility index (Phi) is 13.3. The normalized spacial score (nSPS) is 11.0. The van der Waals surface area contributed by atoms with Crippen LogP contribution in [0.1, 0.15) is 12.0 Å². The van der Waals surface area contributed by atoms with E-state index in [0.29, 0.717) is 52.9 Å². The Bertz CT molecular complexity index is 403. The number of aryl methyl sites for hydroxylation is 1. The second kappa shape index (κ2) is 15.4. The van der Waals surface area contributed by atoms with Crippen molar-refractivity contribution >= 4 is 5.69 Å². The van der Waals surface area contributed by atoms with Crippen LogP contribution in [0.4, 0.5) is 5.69 Å². The predicted octanol–water partition coefficient (Wildman–Crippen LogP) is 1.91. The summed E-state index contributed by atoms with van der Waals surface area (Å²) in [5, 5.41) is 0. The summed E-state index contributed by atoms with van der Waals surface area (Å²) in [5.74, 6) is 0. The molecule has 1 aromatic rings. The van der Waals surface area contributed by atoms with Gasteiger partial charge in [0.1, 0.15) is 0 Å². The number of benzene rings is 1. The molecule has 6 nitrogen and oxygen atoms in total. The smallest absolute Gasteiger partial charge is 0.0701 e. The van der Waals surface area contributed by atoms with E-state index in [4.69, 9.17) is 29.4 Å². The molecule has 0 amide bonds. The molecule has 24 heavy (non-hydrogen) atoms. The van der Waals surface area contributed by atoms with Crippen LogP contribution in [0.2, 0.25) is 0 Å². The van der Waals surface area contributed by atoms with Crippen LogP contribution in [-0.4, -0.2) is 66.6 Å². The highest BCUT2D eigenvalue weighted by Gasteiger charge is 1.95. The molecule has 0 aliphatic carbocycles. The van der Waals surface area contributed by atoms with Crippen LogP contribution in [0.5, 0.6) is 0 Å². The van der Waals surface area contributed by atoms with Gasteiger partial charge in [-0.15, -0.1) is 0 Å². The van der Waals surface area contributed by atoms with E-state index in [1.165, 1.54) is 5.56 Å². The van der Waals surface area contributed by atoms with E-state index >= 15 is 0 Å². The summed E-state index contributed by atoms with van der Waals surface area (Å²) in [7, 11) is 1.65. The number of nitrogens with two attached hydrogens (primary N) is 1. The first kappa shape index (κ1) is 20.9. The van der Waals surface area contributed by atoms with Crippen molar-refractivity contribution in [1.82, 2.24) is 0 Å². The Labute approximate surface area is 145 Å². The molecule has 0 aromatic heterocycles. The van der Waals surface area contributed by atoms with Gasteiger partial charge in [-0.1, -0.05) is 12.1 Å². The molecule has 0 heterocycles. The Morgan fingerprint density at radius 2 is 1.29 bits per heavy atom. The SMILES string of the molecule is COCCOCCOCCOCCOCCCc1cccc(N)c1. The summed E-state index contributed by atoms with van der Waals surface area (Å²) in [5.41, 5.74) is 7.80. The van der Waals surface area contributed by atoms with Gasteiger partial charge >= 0.3 is 0 Å². The van der Waals surface area contributed by atoms with Crippen molar-refractivity contribution in [2.75, 3.05) is 72.3 Å². The zero-order valence-electron chi connectivity index (χ0n) is 14.7. The number of methoxy groups -OCH3 is 1. The van der Waals surface area contributed by atoms with E-state index in [0.717, 1.165) is 25.1 Å². The van der Waals surface area contributed by atoms with Gasteiger partial charge in [0, 0.05) is 19.4 Å². The summed E-state index contributed by atoms with van der Waals surface area (Å²) in [4.78, 5) is 0. The first-order valence-electron chi connectivity index (χ1n) is 8.47. The Morgan fingerprint density at radius 3 is 1.83 bits per heavy atom. The number of nitrogen functional groups attached to an aromatic ring is 1. The molecule has 0 unspecified atom stereocenters. The first-order chi connectivity index (χ1) is 11.8. The Balaban J connectivity index is 1.76. The molecule has 0 aliphatic rings. The van der Waals surface area contributed by atoms with Gasteiger partial charge in [0.2, 0.25) is 0 Å². The van der Waals surface area contributed by atoms with E-state index in [-0.39, 0.29) is 0 Å². The molecule has 0 aliphatic heterocycles. The third kappa shape index (κ3) is 12.3. The molecule has 6 heteroatoms. The molecule has 1 aromatic carbocycles. The molecule has 0 spiro atoms. The maximum Gasteiger partial charge on any atom is 0.0701 e. The van der Waals surface area contributed by atoms with Crippen LogP contribution in [0, 0.1) is 0 Å². The average Bonchev–Trinajstić information content (AvgIpc) is 2.58. The Morgan fingerprint density at radius 1 is 0.750 bits per heavy atom. The van der Waals surface area contributed by atoms with Crippen LogP contribution in [0.25, 0.3) is 0 Å². The van der Waals surface area contributed by atoms with Gasteiger partial charge in [0.15, 0.2) is 0 Å². The zero-order valence-corrected chi connectivity index (χ0v) is 14.7. The second-order valence-electron chi connectivity index (χ2n) is 5.29. The van der Waals surface area contributed by atoms with E-state index in [1.54, 1.807) is 7.11 Å². The summed E-state index contributed by atoms with van der Waals surface area (Å²) in [6, 6.07) is 7.97. The third-order valence-corrected chi connectivity index (χ3v) is 3.25. The van der Waals surface area contributed by atoms with Crippen molar-refractivity contribution in [3.05, 3.63) is 29.8 Å². The van der Waals surface area contributed by atoms with Gasteiger partial charge in [0.25, 0.3) is 0 Å². The Hall–Kier alpha value is -1.18. The zero-order chi connectivity index (χ0) is 17.3. The van der Waals surface area contributed by atoms with Gasteiger partial charge in [-0.2, -0.15) is 0 Å². The fourth-order valence-electron chi connectivity index (χ4n) is 2.03. The highest BCUT2D eigenvalue weighted by Crippen LogP contribution is 2.08. The summed E-state index contributed by atoms with van der Waals surface area (Å²) < 4.78 is 26.5. The molecule has 0 fully saturated rings. The topological polar surface area (TPSA) is 72.2 Å².